The lowest BCUT2D eigenvalue weighted by molar-refractivity contribution is 0.0950. The number of pyridine rings is 1. The molecule has 1 amide bonds. The van der Waals surface area contributed by atoms with Gasteiger partial charge in [0.05, 0.1) is 17.9 Å². The quantitative estimate of drug-likeness (QED) is 0.362. The molecule has 5 nitrogen and oxygen atoms in total. The van der Waals surface area contributed by atoms with Crippen LogP contribution in [-0.2, 0) is 0 Å². The Labute approximate surface area is 160 Å². The summed E-state index contributed by atoms with van der Waals surface area (Å²) < 4.78 is 0. The third-order valence-corrected chi connectivity index (χ3v) is 4.78. The molecule has 0 unspecified atom stereocenters. The maximum absolute atomic E-state index is 12.5. The molecule has 0 radical (unpaired) electrons. The average molecular weight is 364 g/mol. The fourth-order valence-corrected chi connectivity index (χ4v) is 3.38. The third-order valence-electron chi connectivity index (χ3n) is 4.78. The number of aromatic amines is 1. The number of fused-ring (bicyclic) bond motifs is 4. The van der Waals surface area contributed by atoms with Crippen LogP contribution < -0.4 is 5.43 Å². The van der Waals surface area contributed by atoms with Gasteiger partial charge in [-0.05, 0) is 34.5 Å². The van der Waals surface area contributed by atoms with Gasteiger partial charge in [0.15, 0.2) is 0 Å². The highest BCUT2D eigenvalue weighted by atomic mass is 16.2. The van der Waals surface area contributed by atoms with E-state index in [0.29, 0.717) is 5.69 Å². The van der Waals surface area contributed by atoms with Crippen LogP contribution >= 0.6 is 0 Å². The van der Waals surface area contributed by atoms with Gasteiger partial charge in [0.25, 0.3) is 5.91 Å². The Morgan fingerprint density at radius 1 is 0.893 bits per heavy atom. The number of carbonyl (C=O) groups excluding carboxylic acids is 1. The van der Waals surface area contributed by atoms with E-state index in [4.69, 9.17) is 0 Å². The van der Waals surface area contributed by atoms with Crippen LogP contribution in [0, 0.1) is 0 Å². The molecule has 2 heterocycles. The highest BCUT2D eigenvalue weighted by molar-refractivity contribution is 6.09. The van der Waals surface area contributed by atoms with Gasteiger partial charge in [0.1, 0.15) is 5.69 Å². The number of aromatic nitrogens is 2. The Hall–Kier alpha value is -3.99. The number of nitrogens with zero attached hydrogens (tertiary/aromatic N) is 2. The van der Waals surface area contributed by atoms with Gasteiger partial charge in [0.2, 0.25) is 0 Å². The SMILES string of the molecule is O=C(N/N=C/c1ccc2ccccc2c1)c1cc2c(cn1)[nH]c1ccccc12. The van der Waals surface area contributed by atoms with Gasteiger partial charge in [-0.2, -0.15) is 5.10 Å². The molecule has 5 rings (SSSR count). The summed E-state index contributed by atoms with van der Waals surface area (Å²) in [6.45, 7) is 0. The van der Waals surface area contributed by atoms with Crippen molar-refractivity contribution in [2.75, 3.05) is 0 Å². The van der Waals surface area contributed by atoms with Crippen molar-refractivity contribution in [3.05, 3.63) is 90.3 Å². The Morgan fingerprint density at radius 2 is 1.71 bits per heavy atom. The average Bonchev–Trinajstić information content (AvgIpc) is 3.11. The third kappa shape index (κ3) is 2.89. The van der Waals surface area contributed by atoms with E-state index >= 15 is 0 Å². The molecule has 0 saturated heterocycles. The number of hydrogen-bond donors (Lipinski definition) is 2. The van der Waals surface area contributed by atoms with E-state index in [1.54, 1.807) is 18.5 Å². The molecular formula is C23H16N4O. The second-order valence-corrected chi connectivity index (χ2v) is 6.59. The van der Waals surface area contributed by atoms with Gasteiger partial charge in [-0.1, -0.05) is 54.6 Å². The number of hydrogen-bond acceptors (Lipinski definition) is 3. The Morgan fingerprint density at radius 3 is 2.64 bits per heavy atom. The summed E-state index contributed by atoms with van der Waals surface area (Å²) >= 11 is 0. The molecule has 3 aromatic carbocycles. The van der Waals surface area contributed by atoms with Crippen molar-refractivity contribution in [3.8, 4) is 0 Å². The number of amides is 1. The monoisotopic (exact) mass is 364 g/mol. The molecule has 0 saturated carbocycles. The summed E-state index contributed by atoms with van der Waals surface area (Å²) in [5.41, 5.74) is 5.72. The number of para-hydroxylation sites is 1. The summed E-state index contributed by atoms with van der Waals surface area (Å²) in [5, 5.41) is 8.41. The molecule has 28 heavy (non-hydrogen) atoms. The first-order valence-electron chi connectivity index (χ1n) is 8.97. The first kappa shape index (κ1) is 16.2. The normalized spacial score (nSPS) is 11.6. The van der Waals surface area contributed by atoms with Gasteiger partial charge >= 0.3 is 0 Å². The number of benzene rings is 3. The van der Waals surface area contributed by atoms with Crippen molar-refractivity contribution < 1.29 is 4.79 Å². The molecule has 5 aromatic rings. The van der Waals surface area contributed by atoms with Gasteiger partial charge in [-0.3, -0.25) is 4.79 Å². The van der Waals surface area contributed by atoms with Gasteiger partial charge in [0, 0.05) is 16.3 Å². The Balaban J connectivity index is 1.38. The molecule has 0 bridgehead atoms. The van der Waals surface area contributed by atoms with E-state index < -0.39 is 0 Å². The van der Waals surface area contributed by atoms with E-state index in [0.717, 1.165) is 32.8 Å². The summed E-state index contributed by atoms with van der Waals surface area (Å²) in [7, 11) is 0. The number of nitrogens with one attached hydrogen (secondary N) is 2. The first-order chi connectivity index (χ1) is 13.8. The lowest BCUT2D eigenvalue weighted by atomic mass is 10.1. The molecule has 0 aliphatic rings. The molecule has 0 spiro atoms. The molecular weight excluding hydrogens is 348 g/mol. The maximum Gasteiger partial charge on any atom is 0.289 e. The van der Waals surface area contributed by atoms with Crippen LogP contribution in [0.2, 0.25) is 0 Å². The smallest absolute Gasteiger partial charge is 0.289 e. The van der Waals surface area contributed by atoms with E-state index in [1.807, 2.05) is 60.7 Å². The van der Waals surface area contributed by atoms with Crippen molar-refractivity contribution >= 4 is 44.7 Å². The van der Waals surface area contributed by atoms with Crippen LogP contribution in [-0.4, -0.2) is 22.1 Å². The van der Waals surface area contributed by atoms with E-state index in [1.165, 1.54) is 5.39 Å². The molecule has 2 N–H and O–H groups in total. The molecule has 0 aliphatic carbocycles. The highest BCUT2D eigenvalue weighted by Crippen LogP contribution is 2.24. The van der Waals surface area contributed by atoms with Crippen molar-refractivity contribution in [2.45, 2.75) is 0 Å². The van der Waals surface area contributed by atoms with E-state index in [9.17, 15) is 4.79 Å². The number of H-pyrrole nitrogens is 1. The minimum Gasteiger partial charge on any atom is -0.353 e. The molecule has 0 atom stereocenters. The lowest BCUT2D eigenvalue weighted by Crippen LogP contribution is -2.18. The van der Waals surface area contributed by atoms with Crippen LogP contribution in [0.25, 0.3) is 32.6 Å². The van der Waals surface area contributed by atoms with Crippen LogP contribution in [0.5, 0.6) is 0 Å². The largest absolute Gasteiger partial charge is 0.353 e. The van der Waals surface area contributed by atoms with Crippen LogP contribution in [0.1, 0.15) is 16.1 Å². The highest BCUT2D eigenvalue weighted by Gasteiger charge is 2.10. The van der Waals surface area contributed by atoms with Gasteiger partial charge < -0.3 is 4.98 Å². The molecule has 5 heteroatoms. The fraction of sp³-hybridized carbons (Fsp3) is 0. The molecule has 134 valence electrons. The molecule has 0 fully saturated rings. The minimum absolute atomic E-state index is 0.327. The number of hydrazone groups is 1. The summed E-state index contributed by atoms with van der Waals surface area (Å²) in [6, 6.07) is 23.9. The number of carbonyl (C=O) groups is 1. The zero-order chi connectivity index (χ0) is 18.9. The predicted octanol–water partition coefficient (Wildman–Crippen LogP) is 4.63. The zero-order valence-electron chi connectivity index (χ0n) is 14.9. The van der Waals surface area contributed by atoms with Crippen molar-refractivity contribution in [3.63, 3.8) is 0 Å². The van der Waals surface area contributed by atoms with E-state index in [-0.39, 0.29) is 5.91 Å². The number of rotatable bonds is 3. The second-order valence-electron chi connectivity index (χ2n) is 6.59. The standard InChI is InChI=1S/C23H16N4O/c28-23(27-25-13-15-9-10-16-5-1-2-6-17(16)11-15)21-12-19-18-7-3-4-8-20(18)26-22(19)14-24-21/h1-14,26H,(H,27,28)/b25-13+. The van der Waals surface area contributed by atoms with Gasteiger partial charge in [-0.25, -0.2) is 10.4 Å². The van der Waals surface area contributed by atoms with Crippen molar-refractivity contribution in [1.29, 1.82) is 0 Å². The molecule has 2 aromatic heterocycles. The predicted molar refractivity (Wildman–Crippen MR) is 113 cm³/mol. The minimum atomic E-state index is -0.343. The summed E-state index contributed by atoms with van der Waals surface area (Å²) in [5.74, 6) is -0.343. The van der Waals surface area contributed by atoms with Crippen molar-refractivity contribution in [2.24, 2.45) is 5.10 Å². The van der Waals surface area contributed by atoms with Gasteiger partial charge in [-0.15, -0.1) is 0 Å². The van der Waals surface area contributed by atoms with E-state index in [2.05, 4.69) is 26.6 Å². The second kappa shape index (κ2) is 6.63. The van der Waals surface area contributed by atoms with Crippen LogP contribution in [0.3, 0.4) is 0 Å². The Bertz CT molecular complexity index is 1370. The summed E-state index contributed by atoms with van der Waals surface area (Å²) in [4.78, 5) is 20.0. The zero-order valence-corrected chi connectivity index (χ0v) is 14.9. The Kier molecular flexibility index (Phi) is 3.84. The topological polar surface area (TPSA) is 70.1 Å². The fourth-order valence-electron chi connectivity index (χ4n) is 3.38. The van der Waals surface area contributed by atoms with Crippen LogP contribution in [0.4, 0.5) is 0 Å². The van der Waals surface area contributed by atoms with Crippen LogP contribution in [0.15, 0.2) is 84.1 Å². The van der Waals surface area contributed by atoms with Crippen molar-refractivity contribution in [1.82, 2.24) is 15.4 Å². The molecule has 0 aliphatic heterocycles. The maximum atomic E-state index is 12.5. The summed E-state index contributed by atoms with van der Waals surface area (Å²) in [6.07, 6.45) is 3.31. The lowest BCUT2D eigenvalue weighted by Gasteiger charge is -2.01. The first-order valence-corrected chi connectivity index (χ1v) is 8.97.